The minimum Gasteiger partial charge on any atom is -0.383 e. The SMILES string of the molecule is CCC1CCCCC1[C@@H](O)C(F)(F)F. The van der Waals surface area contributed by atoms with Gasteiger partial charge in [-0.2, -0.15) is 13.2 Å². The zero-order chi connectivity index (χ0) is 10.8. The molecule has 0 amide bonds. The first kappa shape index (κ1) is 11.8. The molecule has 0 heterocycles. The molecule has 0 radical (unpaired) electrons. The standard InChI is InChI=1S/C10H17F3O/c1-2-7-5-3-4-6-8(7)9(14)10(11,12)13/h7-9,14H,2-6H2,1H3/t7?,8?,9-/m1/s1. The van der Waals surface area contributed by atoms with Gasteiger partial charge >= 0.3 is 6.18 Å². The van der Waals surface area contributed by atoms with Gasteiger partial charge in [0, 0.05) is 0 Å². The van der Waals surface area contributed by atoms with E-state index < -0.39 is 18.2 Å². The molecule has 0 bridgehead atoms. The van der Waals surface area contributed by atoms with Crippen LogP contribution in [0.5, 0.6) is 0 Å². The molecule has 1 aliphatic rings. The number of alkyl halides is 3. The predicted octanol–water partition coefficient (Wildman–Crippen LogP) is 3.13. The number of hydrogen-bond donors (Lipinski definition) is 1. The largest absolute Gasteiger partial charge is 0.414 e. The Bertz CT molecular complexity index is 179. The maximum atomic E-state index is 12.3. The van der Waals surface area contributed by atoms with Crippen LogP contribution in [-0.4, -0.2) is 17.4 Å². The lowest BCUT2D eigenvalue weighted by atomic mass is 9.75. The number of aliphatic hydroxyl groups excluding tert-OH is 1. The summed E-state index contributed by atoms with van der Waals surface area (Å²) in [5.41, 5.74) is 0. The van der Waals surface area contributed by atoms with E-state index in [1.165, 1.54) is 0 Å². The van der Waals surface area contributed by atoms with E-state index in [0.29, 0.717) is 6.42 Å². The van der Waals surface area contributed by atoms with Crippen molar-refractivity contribution in [2.45, 2.75) is 51.3 Å². The van der Waals surface area contributed by atoms with Crippen molar-refractivity contribution in [2.24, 2.45) is 11.8 Å². The van der Waals surface area contributed by atoms with E-state index in [1.807, 2.05) is 6.92 Å². The maximum Gasteiger partial charge on any atom is 0.414 e. The monoisotopic (exact) mass is 210 g/mol. The van der Waals surface area contributed by atoms with Gasteiger partial charge < -0.3 is 5.11 Å². The molecule has 0 aromatic carbocycles. The van der Waals surface area contributed by atoms with E-state index in [2.05, 4.69) is 0 Å². The van der Waals surface area contributed by atoms with Crippen molar-refractivity contribution in [3.05, 3.63) is 0 Å². The molecular weight excluding hydrogens is 193 g/mol. The Hall–Kier alpha value is -0.250. The molecule has 1 fully saturated rings. The van der Waals surface area contributed by atoms with E-state index in [1.54, 1.807) is 0 Å². The predicted molar refractivity (Wildman–Crippen MR) is 47.8 cm³/mol. The molecule has 1 nitrogen and oxygen atoms in total. The first-order valence-corrected chi connectivity index (χ1v) is 5.21. The zero-order valence-corrected chi connectivity index (χ0v) is 8.35. The highest BCUT2D eigenvalue weighted by molar-refractivity contribution is 4.83. The fraction of sp³-hybridized carbons (Fsp3) is 1.00. The summed E-state index contributed by atoms with van der Waals surface area (Å²) in [7, 11) is 0. The van der Waals surface area contributed by atoms with Gasteiger partial charge in [0.2, 0.25) is 0 Å². The summed E-state index contributed by atoms with van der Waals surface area (Å²) < 4.78 is 36.9. The van der Waals surface area contributed by atoms with Crippen molar-refractivity contribution in [3.63, 3.8) is 0 Å². The van der Waals surface area contributed by atoms with Crippen molar-refractivity contribution < 1.29 is 18.3 Å². The number of hydrogen-bond acceptors (Lipinski definition) is 1. The highest BCUT2D eigenvalue weighted by Gasteiger charge is 2.46. The summed E-state index contributed by atoms with van der Waals surface area (Å²) in [6.07, 6.45) is -2.68. The Morgan fingerprint density at radius 2 is 1.86 bits per heavy atom. The fourth-order valence-corrected chi connectivity index (χ4v) is 2.40. The number of halogens is 3. The van der Waals surface area contributed by atoms with Crippen LogP contribution in [0.2, 0.25) is 0 Å². The molecule has 4 heteroatoms. The Morgan fingerprint density at radius 3 is 2.36 bits per heavy atom. The van der Waals surface area contributed by atoms with Crippen LogP contribution >= 0.6 is 0 Å². The lowest BCUT2D eigenvalue weighted by molar-refractivity contribution is -0.227. The minimum absolute atomic E-state index is 0.0420. The summed E-state index contributed by atoms with van der Waals surface area (Å²) in [4.78, 5) is 0. The summed E-state index contributed by atoms with van der Waals surface area (Å²) in [6.45, 7) is 1.89. The molecule has 0 spiro atoms. The van der Waals surface area contributed by atoms with Crippen molar-refractivity contribution in [1.29, 1.82) is 0 Å². The lowest BCUT2D eigenvalue weighted by Gasteiger charge is -2.34. The Balaban J connectivity index is 2.63. The Labute approximate surface area is 82.3 Å². The molecule has 1 N–H and O–H groups in total. The average molecular weight is 210 g/mol. The van der Waals surface area contributed by atoms with Gasteiger partial charge in [0.05, 0.1) is 0 Å². The van der Waals surface area contributed by atoms with Crippen LogP contribution in [0.3, 0.4) is 0 Å². The minimum atomic E-state index is -4.45. The van der Waals surface area contributed by atoms with E-state index >= 15 is 0 Å². The van der Waals surface area contributed by atoms with Gasteiger partial charge in [-0.3, -0.25) is 0 Å². The third-order valence-electron chi connectivity index (χ3n) is 3.23. The average Bonchev–Trinajstić information content (AvgIpc) is 2.15. The second kappa shape index (κ2) is 4.51. The molecule has 14 heavy (non-hydrogen) atoms. The maximum absolute atomic E-state index is 12.3. The molecule has 0 saturated heterocycles. The quantitative estimate of drug-likeness (QED) is 0.742. The molecule has 2 unspecified atom stereocenters. The molecule has 0 aliphatic heterocycles. The van der Waals surface area contributed by atoms with Crippen LogP contribution in [0.25, 0.3) is 0 Å². The molecule has 1 aliphatic carbocycles. The first-order valence-electron chi connectivity index (χ1n) is 5.21. The molecule has 84 valence electrons. The second-order valence-corrected chi connectivity index (χ2v) is 4.10. The highest BCUT2D eigenvalue weighted by atomic mass is 19.4. The van der Waals surface area contributed by atoms with Gasteiger partial charge in [0.25, 0.3) is 0 Å². The van der Waals surface area contributed by atoms with Crippen LogP contribution in [0.15, 0.2) is 0 Å². The van der Waals surface area contributed by atoms with E-state index in [-0.39, 0.29) is 5.92 Å². The molecule has 0 aromatic rings. The van der Waals surface area contributed by atoms with Crippen LogP contribution in [0.1, 0.15) is 39.0 Å². The van der Waals surface area contributed by atoms with E-state index in [0.717, 1.165) is 25.7 Å². The Kier molecular flexibility index (Phi) is 3.81. The second-order valence-electron chi connectivity index (χ2n) is 4.10. The molecule has 1 saturated carbocycles. The summed E-state index contributed by atoms with van der Waals surface area (Å²) in [5.74, 6) is -0.533. The Morgan fingerprint density at radius 1 is 1.29 bits per heavy atom. The van der Waals surface area contributed by atoms with Crippen LogP contribution < -0.4 is 0 Å². The third kappa shape index (κ3) is 2.62. The molecule has 1 rings (SSSR count). The van der Waals surface area contributed by atoms with Crippen LogP contribution in [0, 0.1) is 11.8 Å². The summed E-state index contributed by atoms with van der Waals surface area (Å²) in [6, 6.07) is 0. The van der Waals surface area contributed by atoms with E-state index in [4.69, 9.17) is 0 Å². The fourth-order valence-electron chi connectivity index (χ4n) is 2.40. The number of rotatable bonds is 2. The van der Waals surface area contributed by atoms with Crippen molar-refractivity contribution >= 4 is 0 Å². The smallest absolute Gasteiger partial charge is 0.383 e. The molecule has 0 aromatic heterocycles. The van der Waals surface area contributed by atoms with Crippen molar-refractivity contribution in [2.75, 3.05) is 0 Å². The molecular formula is C10H17F3O. The highest BCUT2D eigenvalue weighted by Crippen LogP contribution is 2.39. The first-order chi connectivity index (χ1) is 6.46. The van der Waals surface area contributed by atoms with Gasteiger partial charge in [-0.05, 0) is 18.3 Å². The van der Waals surface area contributed by atoms with Crippen molar-refractivity contribution in [1.82, 2.24) is 0 Å². The van der Waals surface area contributed by atoms with Gasteiger partial charge in [0.1, 0.15) is 0 Å². The van der Waals surface area contributed by atoms with Gasteiger partial charge in [-0.1, -0.05) is 32.6 Å². The van der Waals surface area contributed by atoms with Crippen molar-refractivity contribution in [3.8, 4) is 0 Å². The third-order valence-corrected chi connectivity index (χ3v) is 3.23. The van der Waals surface area contributed by atoms with Gasteiger partial charge in [-0.25, -0.2) is 0 Å². The summed E-state index contributed by atoms with van der Waals surface area (Å²) >= 11 is 0. The normalized spacial score (nSPS) is 31.5. The lowest BCUT2D eigenvalue weighted by Crippen LogP contribution is -2.40. The number of aliphatic hydroxyl groups is 1. The van der Waals surface area contributed by atoms with Crippen LogP contribution in [0.4, 0.5) is 13.2 Å². The topological polar surface area (TPSA) is 20.2 Å². The van der Waals surface area contributed by atoms with Crippen LogP contribution in [-0.2, 0) is 0 Å². The molecule has 3 atom stereocenters. The van der Waals surface area contributed by atoms with E-state index in [9.17, 15) is 18.3 Å². The zero-order valence-electron chi connectivity index (χ0n) is 8.35. The summed E-state index contributed by atoms with van der Waals surface area (Å²) in [5, 5.41) is 9.19. The van der Waals surface area contributed by atoms with Gasteiger partial charge in [-0.15, -0.1) is 0 Å². The van der Waals surface area contributed by atoms with Gasteiger partial charge in [0.15, 0.2) is 6.10 Å².